The molecule has 0 aromatic carbocycles. The number of carboxylic acid groups (broad SMARTS) is 1. The first-order chi connectivity index (χ1) is 5.27. The first-order valence-corrected chi connectivity index (χ1v) is 3.50. The van der Waals surface area contributed by atoms with E-state index in [0.29, 0.717) is 0 Å². The summed E-state index contributed by atoms with van der Waals surface area (Å²) in [7, 11) is 0. The summed E-state index contributed by atoms with van der Waals surface area (Å²) >= 11 is 0. The van der Waals surface area contributed by atoms with E-state index in [2.05, 4.69) is 0 Å². The Morgan fingerprint density at radius 3 is 2.45 bits per heavy atom. The third kappa shape index (κ3) is 8.69. The topological polar surface area (TPSA) is 37.3 Å². The third-order valence-corrected chi connectivity index (χ3v) is 0.944. The zero-order valence-electron chi connectivity index (χ0n) is 6.53. The van der Waals surface area contributed by atoms with Crippen molar-refractivity contribution in [3.8, 4) is 0 Å². The first kappa shape index (κ1) is 9.69. The highest BCUT2D eigenvalue weighted by Gasteiger charge is 1.78. The minimum absolute atomic E-state index is 0.922. The van der Waals surface area contributed by atoms with E-state index < -0.39 is 5.97 Å². The summed E-state index contributed by atoms with van der Waals surface area (Å²) < 4.78 is 0. The third-order valence-electron chi connectivity index (χ3n) is 0.944. The summed E-state index contributed by atoms with van der Waals surface area (Å²) in [6.45, 7) is 2.04. The molecule has 0 saturated carbocycles. The van der Waals surface area contributed by atoms with E-state index >= 15 is 0 Å². The molecule has 0 aliphatic rings. The molecule has 0 radical (unpaired) electrons. The van der Waals surface area contributed by atoms with E-state index in [1.54, 1.807) is 12.2 Å². The summed E-state index contributed by atoms with van der Waals surface area (Å²) in [4.78, 5) is 9.95. The minimum atomic E-state index is -0.922. The van der Waals surface area contributed by atoms with Crippen molar-refractivity contribution in [2.75, 3.05) is 0 Å². The van der Waals surface area contributed by atoms with Crippen molar-refractivity contribution >= 4 is 5.97 Å². The number of carbonyl (C=O) groups is 1. The number of hydrogen-bond donors (Lipinski definition) is 1. The minimum Gasteiger partial charge on any atom is -0.478 e. The van der Waals surface area contributed by atoms with Gasteiger partial charge in [-0.3, -0.25) is 0 Å². The molecule has 11 heavy (non-hydrogen) atoms. The van der Waals surface area contributed by atoms with Crippen molar-refractivity contribution in [1.29, 1.82) is 0 Å². The lowest BCUT2D eigenvalue weighted by molar-refractivity contribution is -0.131. The molecular weight excluding hydrogens is 140 g/mol. The summed E-state index contributed by atoms with van der Waals surface area (Å²) in [5.41, 5.74) is 0. The van der Waals surface area contributed by atoms with Crippen LogP contribution in [0.3, 0.4) is 0 Å². The maximum absolute atomic E-state index is 9.95. The summed E-state index contributed by atoms with van der Waals surface area (Å²) in [5, 5.41) is 8.18. The normalized spacial score (nSPS) is 12.1. The Labute approximate surface area is 66.5 Å². The Balaban J connectivity index is 3.60. The van der Waals surface area contributed by atoms with E-state index in [9.17, 15) is 4.79 Å². The predicted molar refractivity (Wildman–Crippen MR) is 45.3 cm³/mol. The van der Waals surface area contributed by atoms with E-state index in [0.717, 1.165) is 12.5 Å². The molecule has 0 aliphatic carbocycles. The largest absolute Gasteiger partial charge is 0.478 e. The van der Waals surface area contributed by atoms with Crippen LogP contribution in [0.4, 0.5) is 0 Å². The molecule has 60 valence electrons. The van der Waals surface area contributed by atoms with Crippen LogP contribution in [0.25, 0.3) is 0 Å². The second-order valence-electron chi connectivity index (χ2n) is 1.92. The SMILES string of the molecule is CC\C=C/C=C\C=C\C(=O)O. The van der Waals surface area contributed by atoms with Crippen molar-refractivity contribution in [1.82, 2.24) is 0 Å². The molecular formula is C9H12O2. The molecule has 2 heteroatoms. The molecule has 0 aliphatic heterocycles. The van der Waals surface area contributed by atoms with Crippen LogP contribution in [0, 0.1) is 0 Å². The molecule has 0 atom stereocenters. The van der Waals surface area contributed by atoms with Gasteiger partial charge in [0.1, 0.15) is 0 Å². The molecule has 0 heterocycles. The number of aliphatic carboxylic acids is 1. The van der Waals surface area contributed by atoms with Gasteiger partial charge in [0.15, 0.2) is 0 Å². The zero-order valence-corrected chi connectivity index (χ0v) is 6.53. The van der Waals surface area contributed by atoms with Gasteiger partial charge < -0.3 is 5.11 Å². The highest BCUT2D eigenvalue weighted by Crippen LogP contribution is 1.82. The van der Waals surface area contributed by atoms with Crippen LogP contribution in [0.5, 0.6) is 0 Å². The Bertz CT molecular complexity index is 188. The average Bonchev–Trinajstić information content (AvgIpc) is 1.96. The number of rotatable bonds is 4. The quantitative estimate of drug-likeness (QED) is 0.495. The molecule has 0 spiro atoms. The molecule has 0 amide bonds. The molecule has 0 saturated heterocycles. The predicted octanol–water partition coefficient (Wildman–Crippen LogP) is 2.15. The van der Waals surface area contributed by atoms with Gasteiger partial charge in [0.25, 0.3) is 0 Å². The number of allylic oxidation sites excluding steroid dienone is 5. The maximum atomic E-state index is 9.95. The highest BCUT2D eigenvalue weighted by molar-refractivity contribution is 5.80. The van der Waals surface area contributed by atoms with Crippen LogP contribution in [-0.2, 0) is 4.79 Å². The van der Waals surface area contributed by atoms with Crippen LogP contribution in [0.15, 0.2) is 36.5 Å². The fraction of sp³-hybridized carbons (Fsp3) is 0.222. The number of hydrogen-bond acceptors (Lipinski definition) is 1. The van der Waals surface area contributed by atoms with Crippen LogP contribution < -0.4 is 0 Å². The van der Waals surface area contributed by atoms with Gasteiger partial charge in [0.2, 0.25) is 0 Å². The molecule has 1 N–H and O–H groups in total. The molecule has 0 rings (SSSR count). The fourth-order valence-corrected chi connectivity index (χ4v) is 0.481. The second-order valence-corrected chi connectivity index (χ2v) is 1.92. The fourth-order valence-electron chi connectivity index (χ4n) is 0.481. The molecule has 0 unspecified atom stereocenters. The lowest BCUT2D eigenvalue weighted by Gasteiger charge is -1.75. The maximum Gasteiger partial charge on any atom is 0.328 e. The lowest BCUT2D eigenvalue weighted by atomic mass is 10.3. The standard InChI is InChI=1S/C9H12O2/c1-2-3-4-5-6-7-8-9(10)11/h3-8H,2H2,1H3,(H,10,11)/b4-3-,6-5-,8-7+. The van der Waals surface area contributed by atoms with Crippen molar-refractivity contribution in [2.45, 2.75) is 13.3 Å². The first-order valence-electron chi connectivity index (χ1n) is 3.50. The number of carboxylic acids is 1. The summed E-state index contributed by atoms with van der Waals surface area (Å²) in [6.07, 6.45) is 10.9. The van der Waals surface area contributed by atoms with Crippen LogP contribution in [0.2, 0.25) is 0 Å². The van der Waals surface area contributed by atoms with E-state index in [1.807, 2.05) is 19.1 Å². The van der Waals surface area contributed by atoms with Gasteiger partial charge in [-0.1, -0.05) is 37.3 Å². The second kappa shape index (κ2) is 6.81. The van der Waals surface area contributed by atoms with Crippen LogP contribution in [0.1, 0.15) is 13.3 Å². The van der Waals surface area contributed by atoms with Gasteiger partial charge >= 0.3 is 5.97 Å². The van der Waals surface area contributed by atoms with E-state index in [4.69, 9.17) is 5.11 Å². The van der Waals surface area contributed by atoms with Gasteiger partial charge in [0.05, 0.1) is 0 Å². The van der Waals surface area contributed by atoms with E-state index in [-0.39, 0.29) is 0 Å². The summed E-state index contributed by atoms with van der Waals surface area (Å²) in [6, 6.07) is 0. The monoisotopic (exact) mass is 152 g/mol. The van der Waals surface area contributed by atoms with Gasteiger partial charge in [-0.2, -0.15) is 0 Å². The van der Waals surface area contributed by atoms with Crippen LogP contribution in [-0.4, -0.2) is 11.1 Å². The van der Waals surface area contributed by atoms with E-state index in [1.165, 1.54) is 6.08 Å². The molecule has 0 fully saturated rings. The van der Waals surface area contributed by atoms with Crippen molar-refractivity contribution in [3.63, 3.8) is 0 Å². The highest BCUT2D eigenvalue weighted by atomic mass is 16.4. The lowest BCUT2D eigenvalue weighted by Crippen LogP contribution is -1.84. The Kier molecular flexibility index (Phi) is 5.99. The summed E-state index contributed by atoms with van der Waals surface area (Å²) in [5.74, 6) is -0.922. The molecule has 0 bridgehead atoms. The molecule has 0 aromatic rings. The zero-order chi connectivity index (χ0) is 8.53. The smallest absolute Gasteiger partial charge is 0.328 e. The van der Waals surface area contributed by atoms with Crippen molar-refractivity contribution < 1.29 is 9.90 Å². The van der Waals surface area contributed by atoms with Gasteiger partial charge in [-0.25, -0.2) is 4.79 Å². The van der Waals surface area contributed by atoms with Gasteiger partial charge in [0, 0.05) is 6.08 Å². The van der Waals surface area contributed by atoms with Gasteiger partial charge in [-0.15, -0.1) is 0 Å². The molecule has 0 aromatic heterocycles. The van der Waals surface area contributed by atoms with Crippen LogP contribution >= 0.6 is 0 Å². The average molecular weight is 152 g/mol. The van der Waals surface area contributed by atoms with Crippen molar-refractivity contribution in [3.05, 3.63) is 36.5 Å². The Hall–Kier alpha value is -1.31. The Morgan fingerprint density at radius 1 is 1.27 bits per heavy atom. The van der Waals surface area contributed by atoms with Gasteiger partial charge in [-0.05, 0) is 6.42 Å². The van der Waals surface area contributed by atoms with Crippen molar-refractivity contribution in [2.24, 2.45) is 0 Å². The Morgan fingerprint density at radius 2 is 1.91 bits per heavy atom. The molecule has 2 nitrogen and oxygen atoms in total.